The summed E-state index contributed by atoms with van der Waals surface area (Å²) < 4.78 is 11.6. The van der Waals surface area contributed by atoms with Crippen molar-refractivity contribution in [2.45, 2.75) is 51.0 Å². The van der Waals surface area contributed by atoms with Crippen LogP contribution in [0.1, 0.15) is 72.0 Å². The van der Waals surface area contributed by atoms with Gasteiger partial charge in [0.1, 0.15) is 0 Å². The fraction of sp³-hybridized carbons (Fsp3) is 0.517. The first-order chi connectivity index (χ1) is 17.1. The fourth-order valence-corrected chi connectivity index (χ4v) is 5.77. The number of likely N-dealkylation sites (N-methyl/N-ethyl adjacent to an activating group) is 1. The zero-order chi connectivity index (χ0) is 24.4. The molecule has 2 saturated heterocycles. The molecule has 5 rings (SSSR count). The van der Waals surface area contributed by atoms with E-state index < -0.39 is 0 Å². The van der Waals surface area contributed by atoms with E-state index in [1.165, 1.54) is 18.4 Å². The molecule has 3 aliphatic heterocycles. The predicted molar refractivity (Wildman–Crippen MR) is 139 cm³/mol. The van der Waals surface area contributed by atoms with Gasteiger partial charge in [-0.3, -0.25) is 9.79 Å². The van der Waals surface area contributed by atoms with Gasteiger partial charge in [0.2, 0.25) is 0 Å². The number of amides is 1. The van der Waals surface area contributed by atoms with Crippen LogP contribution in [0.2, 0.25) is 0 Å². The van der Waals surface area contributed by atoms with E-state index in [2.05, 4.69) is 36.2 Å². The van der Waals surface area contributed by atoms with Crippen LogP contribution in [0.25, 0.3) is 0 Å². The molecule has 0 saturated carbocycles. The SMILES string of the molecule is CCOc1cc2c(cc1OC)C(c1ccc(C(=O)N3CCCCCC3)cc1)=NC1CCN(C)CC21. The highest BCUT2D eigenvalue weighted by Gasteiger charge is 2.36. The molecule has 0 spiro atoms. The maximum Gasteiger partial charge on any atom is 0.253 e. The third-order valence-electron chi connectivity index (χ3n) is 7.66. The van der Waals surface area contributed by atoms with Gasteiger partial charge in [-0.25, -0.2) is 0 Å². The van der Waals surface area contributed by atoms with Crippen molar-refractivity contribution in [3.8, 4) is 11.5 Å². The molecule has 3 heterocycles. The Morgan fingerprint density at radius 2 is 1.77 bits per heavy atom. The van der Waals surface area contributed by atoms with E-state index in [4.69, 9.17) is 14.5 Å². The van der Waals surface area contributed by atoms with Crippen molar-refractivity contribution in [2.75, 3.05) is 46.9 Å². The van der Waals surface area contributed by atoms with Gasteiger partial charge in [-0.15, -0.1) is 0 Å². The Kier molecular flexibility index (Phi) is 7.09. The zero-order valence-corrected chi connectivity index (χ0v) is 21.3. The third kappa shape index (κ3) is 4.81. The van der Waals surface area contributed by atoms with E-state index in [0.29, 0.717) is 12.5 Å². The van der Waals surface area contributed by atoms with Crippen molar-refractivity contribution >= 4 is 11.6 Å². The number of likely N-dealkylation sites (tertiary alicyclic amines) is 2. The third-order valence-corrected chi connectivity index (χ3v) is 7.66. The second-order valence-corrected chi connectivity index (χ2v) is 10.0. The normalized spacial score (nSPS) is 22.5. The van der Waals surface area contributed by atoms with Gasteiger partial charge in [0.15, 0.2) is 11.5 Å². The maximum absolute atomic E-state index is 13.1. The number of methoxy groups -OCH3 is 1. The average Bonchev–Trinajstić information content (AvgIpc) is 3.18. The summed E-state index contributed by atoms with van der Waals surface area (Å²) in [6, 6.07) is 12.6. The largest absolute Gasteiger partial charge is 0.493 e. The molecule has 186 valence electrons. The van der Waals surface area contributed by atoms with Crippen molar-refractivity contribution in [3.05, 3.63) is 58.7 Å². The van der Waals surface area contributed by atoms with E-state index in [9.17, 15) is 4.79 Å². The van der Waals surface area contributed by atoms with Crippen LogP contribution in [0, 0.1) is 0 Å². The highest BCUT2D eigenvalue weighted by molar-refractivity contribution is 6.15. The van der Waals surface area contributed by atoms with Crippen LogP contribution in [-0.4, -0.2) is 74.4 Å². The number of hydrogen-bond acceptors (Lipinski definition) is 5. The number of carbonyl (C=O) groups is 1. The number of nitrogens with zero attached hydrogens (tertiary/aromatic N) is 3. The molecule has 2 fully saturated rings. The van der Waals surface area contributed by atoms with E-state index in [-0.39, 0.29) is 11.9 Å². The molecule has 0 bridgehead atoms. The van der Waals surface area contributed by atoms with E-state index in [1.54, 1.807) is 7.11 Å². The molecule has 2 unspecified atom stereocenters. The molecule has 35 heavy (non-hydrogen) atoms. The second-order valence-electron chi connectivity index (χ2n) is 10.0. The number of benzene rings is 2. The molecular formula is C29H37N3O3. The molecule has 0 N–H and O–H groups in total. The molecule has 2 aromatic carbocycles. The summed E-state index contributed by atoms with van der Waals surface area (Å²) in [6.07, 6.45) is 5.66. The highest BCUT2D eigenvalue weighted by atomic mass is 16.5. The van der Waals surface area contributed by atoms with Crippen molar-refractivity contribution in [3.63, 3.8) is 0 Å². The molecule has 2 atom stereocenters. The van der Waals surface area contributed by atoms with E-state index >= 15 is 0 Å². The molecule has 0 radical (unpaired) electrons. The average molecular weight is 476 g/mol. The van der Waals surface area contributed by atoms with Crippen LogP contribution in [0.5, 0.6) is 11.5 Å². The Morgan fingerprint density at radius 3 is 2.46 bits per heavy atom. The summed E-state index contributed by atoms with van der Waals surface area (Å²) in [5, 5.41) is 0. The van der Waals surface area contributed by atoms with Gasteiger partial charge < -0.3 is 19.3 Å². The molecule has 1 amide bonds. The summed E-state index contributed by atoms with van der Waals surface area (Å²) in [4.78, 5) is 22.8. The van der Waals surface area contributed by atoms with Crippen LogP contribution in [0.3, 0.4) is 0 Å². The van der Waals surface area contributed by atoms with Gasteiger partial charge in [0.25, 0.3) is 5.91 Å². The van der Waals surface area contributed by atoms with E-state index in [1.807, 2.05) is 24.0 Å². The summed E-state index contributed by atoms with van der Waals surface area (Å²) in [5.74, 6) is 2.00. The first-order valence-corrected chi connectivity index (χ1v) is 13.1. The topological polar surface area (TPSA) is 54.4 Å². The Morgan fingerprint density at radius 1 is 1.03 bits per heavy atom. The van der Waals surface area contributed by atoms with Gasteiger partial charge in [-0.2, -0.15) is 0 Å². The molecule has 0 aromatic heterocycles. The number of piperidine rings is 1. The second kappa shape index (κ2) is 10.4. The smallest absolute Gasteiger partial charge is 0.253 e. The van der Waals surface area contributed by atoms with Crippen LogP contribution in [0.15, 0.2) is 41.4 Å². The number of carbonyl (C=O) groups excluding carboxylic acids is 1. The Labute approximate surface area is 208 Å². The molecule has 6 nitrogen and oxygen atoms in total. The van der Waals surface area contributed by atoms with Crippen LogP contribution < -0.4 is 9.47 Å². The van der Waals surface area contributed by atoms with Crippen LogP contribution >= 0.6 is 0 Å². The Hall–Kier alpha value is -2.86. The van der Waals surface area contributed by atoms with Gasteiger partial charge in [-0.1, -0.05) is 25.0 Å². The molecule has 0 aliphatic carbocycles. The first-order valence-electron chi connectivity index (χ1n) is 13.1. The number of hydrogen-bond donors (Lipinski definition) is 0. The minimum absolute atomic E-state index is 0.142. The molecule has 3 aliphatic rings. The lowest BCUT2D eigenvalue weighted by Gasteiger charge is -2.39. The highest BCUT2D eigenvalue weighted by Crippen LogP contribution is 2.42. The molecular weight excluding hydrogens is 438 g/mol. The monoisotopic (exact) mass is 475 g/mol. The van der Waals surface area contributed by atoms with Crippen LogP contribution in [-0.2, 0) is 0 Å². The minimum atomic E-state index is 0.142. The van der Waals surface area contributed by atoms with Crippen molar-refractivity contribution in [2.24, 2.45) is 4.99 Å². The van der Waals surface area contributed by atoms with Crippen molar-refractivity contribution < 1.29 is 14.3 Å². The summed E-state index contributed by atoms with van der Waals surface area (Å²) in [5.41, 5.74) is 5.17. The minimum Gasteiger partial charge on any atom is -0.493 e. The summed E-state index contributed by atoms with van der Waals surface area (Å²) in [7, 11) is 3.87. The van der Waals surface area contributed by atoms with E-state index in [0.717, 1.165) is 79.3 Å². The van der Waals surface area contributed by atoms with Crippen molar-refractivity contribution in [1.82, 2.24) is 9.80 Å². The number of rotatable bonds is 5. The fourth-order valence-electron chi connectivity index (χ4n) is 5.77. The maximum atomic E-state index is 13.1. The number of ether oxygens (including phenoxy) is 2. The zero-order valence-electron chi connectivity index (χ0n) is 21.3. The van der Waals surface area contributed by atoms with Gasteiger partial charge in [0, 0.05) is 42.2 Å². The standard InChI is InChI=1S/C29H37N3O3/c1-4-35-27-17-22-23(18-26(27)34-3)28(30-25-13-16-31(2)19-24(22)25)20-9-11-21(12-10-20)29(33)32-14-7-5-6-8-15-32/h9-12,17-18,24-25H,4-8,13-16,19H2,1-3H3. The van der Waals surface area contributed by atoms with Gasteiger partial charge >= 0.3 is 0 Å². The van der Waals surface area contributed by atoms with Crippen LogP contribution in [0.4, 0.5) is 0 Å². The number of fused-ring (bicyclic) bond motifs is 3. The lowest BCUT2D eigenvalue weighted by Crippen LogP contribution is -2.41. The van der Waals surface area contributed by atoms with Gasteiger partial charge in [0.05, 0.1) is 25.5 Å². The first kappa shape index (κ1) is 23.9. The predicted octanol–water partition coefficient (Wildman–Crippen LogP) is 4.75. The lowest BCUT2D eigenvalue weighted by atomic mass is 9.79. The molecule has 2 aromatic rings. The Bertz CT molecular complexity index is 1090. The lowest BCUT2D eigenvalue weighted by molar-refractivity contribution is 0.0761. The summed E-state index contributed by atoms with van der Waals surface area (Å²) >= 11 is 0. The Balaban J connectivity index is 1.50. The quantitative estimate of drug-likeness (QED) is 0.626. The summed E-state index contributed by atoms with van der Waals surface area (Å²) in [6.45, 7) is 6.34. The number of aliphatic imine (C=N–C) groups is 1. The molecule has 6 heteroatoms. The van der Waals surface area contributed by atoms with Gasteiger partial charge in [-0.05, 0) is 69.6 Å². The van der Waals surface area contributed by atoms with Crippen molar-refractivity contribution in [1.29, 1.82) is 0 Å².